The molecule has 128 valence electrons. The van der Waals surface area contributed by atoms with Crippen molar-refractivity contribution in [1.82, 2.24) is 9.88 Å². The zero-order chi connectivity index (χ0) is 17.1. The predicted molar refractivity (Wildman–Crippen MR) is 108 cm³/mol. The van der Waals surface area contributed by atoms with Crippen LogP contribution in [0.25, 0.3) is 16.5 Å². The van der Waals surface area contributed by atoms with E-state index in [1.54, 1.807) is 23.1 Å². The molecule has 4 rings (SSSR count). The number of aromatic amines is 1. The number of aromatic nitrogens is 1. The van der Waals surface area contributed by atoms with Gasteiger partial charge in [0.2, 0.25) is 5.91 Å². The number of thiophene rings is 1. The molecule has 0 aliphatic carbocycles. The minimum atomic E-state index is 0.242. The van der Waals surface area contributed by atoms with E-state index in [2.05, 4.69) is 53.0 Å². The van der Waals surface area contributed by atoms with Crippen LogP contribution in [0, 0.1) is 0 Å². The Labute approximate surface area is 155 Å². The number of para-hydroxylation sites is 1. The Kier molecular flexibility index (Phi) is 4.95. The van der Waals surface area contributed by atoms with E-state index >= 15 is 0 Å². The summed E-state index contributed by atoms with van der Waals surface area (Å²) in [5.74, 6) is 1.65. The predicted octanol–water partition coefficient (Wildman–Crippen LogP) is 4.78. The van der Waals surface area contributed by atoms with E-state index in [0.717, 1.165) is 30.8 Å². The van der Waals surface area contributed by atoms with Crippen LogP contribution in [0.3, 0.4) is 0 Å². The second kappa shape index (κ2) is 7.50. The molecule has 3 heterocycles. The number of carbonyl (C=O) groups is 1. The summed E-state index contributed by atoms with van der Waals surface area (Å²) in [6.45, 7) is 1.57. The molecule has 3 aromatic rings. The molecule has 2 aromatic heterocycles. The smallest absolute Gasteiger partial charge is 0.232 e. The van der Waals surface area contributed by atoms with Crippen LogP contribution in [-0.2, 0) is 10.5 Å². The molecule has 0 saturated carbocycles. The average molecular weight is 369 g/mol. The molecule has 1 amide bonds. The van der Waals surface area contributed by atoms with Crippen LogP contribution in [0.4, 0.5) is 0 Å². The van der Waals surface area contributed by atoms with Crippen molar-refractivity contribution in [3.63, 3.8) is 0 Å². The molecule has 1 aliphatic heterocycles. The maximum Gasteiger partial charge on any atom is 0.232 e. The lowest BCUT2D eigenvalue weighted by molar-refractivity contribution is -0.127. The molecule has 0 atom stereocenters. The summed E-state index contributed by atoms with van der Waals surface area (Å²) < 4.78 is 0. The third-order valence-electron chi connectivity index (χ3n) is 4.56. The van der Waals surface area contributed by atoms with E-state index in [9.17, 15) is 4.79 Å². The number of carbonyl (C=O) groups excluding carboxylic acids is 1. The Morgan fingerprint density at radius 2 is 2.16 bits per heavy atom. The standard InChI is InChI=1S/C20H20N2OS2/c23-20(22-9-7-15(8-10-22)19-6-3-11-25-19)14-24-13-16-12-21-18-5-2-1-4-17(16)18/h1-7,11-12,21H,8-10,13-14H2. The van der Waals surface area contributed by atoms with Crippen molar-refractivity contribution < 1.29 is 4.79 Å². The van der Waals surface area contributed by atoms with E-state index in [0.29, 0.717) is 5.75 Å². The van der Waals surface area contributed by atoms with Crippen molar-refractivity contribution in [2.45, 2.75) is 12.2 Å². The van der Waals surface area contributed by atoms with Gasteiger partial charge in [0.1, 0.15) is 0 Å². The minimum absolute atomic E-state index is 0.242. The number of amides is 1. The Bertz CT molecular complexity index is 895. The van der Waals surface area contributed by atoms with Gasteiger partial charge in [-0.25, -0.2) is 0 Å². The molecule has 0 bridgehead atoms. The monoisotopic (exact) mass is 368 g/mol. The van der Waals surface area contributed by atoms with Gasteiger partial charge in [0.15, 0.2) is 0 Å². The summed E-state index contributed by atoms with van der Waals surface area (Å²) in [5.41, 5.74) is 3.81. The Balaban J connectivity index is 1.30. The third kappa shape index (κ3) is 3.67. The summed E-state index contributed by atoms with van der Waals surface area (Å²) in [5, 5.41) is 3.36. The quantitative estimate of drug-likeness (QED) is 0.704. The molecule has 0 saturated heterocycles. The number of nitrogens with zero attached hydrogens (tertiary/aromatic N) is 1. The number of thioether (sulfide) groups is 1. The lowest BCUT2D eigenvalue weighted by Gasteiger charge is -2.26. The van der Waals surface area contributed by atoms with Crippen LogP contribution in [0.5, 0.6) is 0 Å². The van der Waals surface area contributed by atoms with Crippen LogP contribution >= 0.6 is 23.1 Å². The first-order valence-electron chi connectivity index (χ1n) is 8.44. The normalized spacial score (nSPS) is 14.7. The van der Waals surface area contributed by atoms with Crippen molar-refractivity contribution in [2.24, 2.45) is 0 Å². The molecule has 1 N–H and O–H groups in total. The highest BCUT2D eigenvalue weighted by Crippen LogP contribution is 2.27. The molecule has 1 aromatic carbocycles. The largest absolute Gasteiger partial charge is 0.361 e. The van der Waals surface area contributed by atoms with Crippen LogP contribution in [0.15, 0.2) is 54.1 Å². The minimum Gasteiger partial charge on any atom is -0.361 e. The zero-order valence-electron chi connectivity index (χ0n) is 13.9. The first-order valence-corrected chi connectivity index (χ1v) is 10.5. The van der Waals surface area contributed by atoms with Gasteiger partial charge in [-0.1, -0.05) is 30.3 Å². The fourth-order valence-corrected chi connectivity index (χ4v) is 4.89. The summed E-state index contributed by atoms with van der Waals surface area (Å²) in [4.78, 5) is 19.1. The van der Waals surface area contributed by atoms with Gasteiger partial charge in [-0.3, -0.25) is 4.79 Å². The van der Waals surface area contributed by atoms with Gasteiger partial charge in [-0.05, 0) is 35.1 Å². The van der Waals surface area contributed by atoms with Gasteiger partial charge in [-0.2, -0.15) is 0 Å². The van der Waals surface area contributed by atoms with E-state index in [1.807, 2.05) is 11.0 Å². The van der Waals surface area contributed by atoms with Gasteiger partial charge >= 0.3 is 0 Å². The van der Waals surface area contributed by atoms with E-state index in [1.165, 1.54) is 21.4 Å². The van der Waals surface area contributed by atoms with E-state index < -0.39 is 0 Å². The number of fused-ring (bicyclic) bond motifs is 1. The molecule has 5 heteroatoms. The highest BCUT2D eigenvalue weighted by atomic mass is 32.2. The third-order valence-corrected chi connectivity index (χ3v) is 6.47. The van der Waals surface area contributed by atoms with E-state index in [4.69, 9.17) is 0 Å². The lowest BCUT2D eigenvalue weighted by atomic mass is 10.1. The fraction of sp³-hybridized carbons (Fsp3) is 0.250. The first-order chi connectivity index (χ1) is 12.3. The summed E-state index contributed by atoms with van der Waals surface area (Å²) in [6, 6.07) is 12.5. The van der Waals surface area contributed by atoms with Crippen LogP contribution < -0.4 is 0 Å². The summed E-state index contributed by atoms with van der Waals surface area (Å²) in [7, 11) is 0. The Morgan fingerprint density at radius 1 is 1.24 bits per heavy atom. The number of benzene rings is 1. The van der Waals surface area contributed by atoms with Crippen LogP contribution in [0.1, 0.15) is 16.9 Å². The van der Waals surface area contributed by atoms with Crippen LogP contribution in [-0.4, -0.2) is 34.6 Å². The maximum atomic E-state index is 12.5. The maximum absolute atomic E-state index is 12.5. The summed E-state index contributed by atoms with van der Waals surface area (Å²) in [6.07, 6.45) is 5.22. The number of hydrogen-bond acceptors (Lipinski definition) is 3. The zero-order valence-corrected chi connectivity index (χ0v) is 15.5. The Hall–Kier alpha value is -1.98. The lowest BCUT2D eigenvalue weighted by Crippen LogP contribution is -2.35. The van der Waals surface area contributed by atoms with Gasteiger partial charge in [0.25, 0.3) is 0 Å². The fourth-order valence-electron chi connectivity index (χ4n) is 3.17. The number of H-pyrrole nitrogens is 1. The molecule has 3 nitrogen and oxygen atoms in total. The van der Waals surface area contributed by atoms with Gasteiger partial charge in [-0.15, -0.1) is 23.1 Å². The number of nitrogens with one attached hydrogen (secondary N) is 1. The second-order valence-electron chi connectivity index (χ2n) is 6.15. The Morgan fingerprint density at radius 3 is 2.96 bits per heavy atom. The molecule has 0 spiro atoms. The average Bonchev–Trinajstić information content (AvgIpc) is 3.32. The van der Waals surface area contributed by atoms with Crippen molar-refractivity contribution in [2.75, 3.05) is 18.8 Å². The van der Waals surface area contributed by atoms with Gasteiger partial charge < -0.3 is 9.88 Å². The van der Waals surface area contributed by atoms with Crippen molar-refractivity contribution in [1.29, 1.82) is 0 Å². The molecule has 25 heavy (non-hydrogen) atoms. The van der Waals surface area contributed by atoms with Gasteiger partial charge in [0, 0.05) is 40.8 Å². The van der Waals surface area contributed by atoms with Crippen molar-refractivity contribution in [3.8, 4) is 0 Å². The first kappa shape index (κ1) is 16.5. The second-order valence-corrected chi connectivity index (χ2v) is 8.08. The molecular weight excluding hydrogens is 348 g/mol. The molecular formula is C20H20N2OS2. The van der Waals surface area contributed by atoms with Crippen molar-refractivity contribution in [3.05, 3.63) is 64.5 Å². The topological polar surface area (TPSA) is 36.1 Å². The SMILES string of the molecule is O=C(CSCc1c[nH]c2ccccc12)N1CC=C(c2cccs2)CC1. The molecule has 0 fully saturated rings. The van der Waals surface area contributed by atoms with E-state index in [-0.39, 0.29) is 5.91 Å². The molecule has 0 unspecified atom stereocenters. The highest BCUT2D eigenvalue weighted by Gasteiger charge is 2.18. The molecule has 1 aliphatic rings. The number of hydrogen-bond donors (Lipinski definition) is 1. The number of rotatable bonds is 5. The van der Waals surface area contributed by atoms with Crippen molar-refractivity contribution >= 4 is 45.5 Å². The van der Waals surface area contributed by atoms with Gasteiger partial charge in [0.05, 0.1) is 5.75 Å². The summed E-state index contributed by atoms with van der Waals surface area (Å²) >= 11 is 3.47. The van der Waals surface area contributed by atoms with Crippen LogP contribution in [0.2, 0.25) is 0 Å². The molecule has 0 radical (unpaired) electrons. The highest BCUT2D eigenvalue weighted by molar-refractivity contribution is 7.99.